The van der Waals surface area contributed by atoms with Crippen LogP contribution in [0.2, 0.25) is 0 Å². The summed E-state index contributed by atoms with van der Waals surface area (Å²) in [4.78, 5) is 35.9. The Labute approximate surface area is 433 Å². The standard InChI is InChI=1S/C61H76N10O2/c1-38(2)68-55-35-49(62)40(5)30-54(55)69-53-33-42(7)51(32-44(53)9)64-26-14-10-12-16-28-66-60(72)47-22-18-45(19-23-47)46-20-24-48(25-21-46)61(73)67-29-17-13-11-15-27-65-52-37-59-57(34-43(52)8)70-56-31-41(6)50(63)36-58(56)71(59)39(3)4/h18-25,30-39,64,68H,9-17,26-29,62H2,1-8H3,(H4,63,65,66,67,72,73)/p+2. The lowest BCUT2D eigenvalue weighted by atomic mass is 9.99. The van der Waals surface area contributed by atoms with E-state index in [9.17, 15) is 9.59 Å². The lowest BCUT2D eigenvalue weighted by molar-refractivity contribution is -0.666. The van der Waals surface area contributed by atoms with Crippen LogP contribution in [0.5, 0.6) is 0 Å². The third-order valence-corrected chi connectivity index (χ3v) is 13.6. The molecule has 7 rings (SSSR count). The van der Waals surface area contributed by atoms with Crippen molar-refractivity contribution in [2.75, 3.05) is 43.0 Å². The van der Waals surface area contributed by atoms with Crippen molar-refractivity contribution in [2.45, 2.75) is 119 Å². The van der Waals surface area contributed by atoms with E-state index in [-0.39, 0.29) is 17.9 Å². The van der Waals surface area contributed by atoms with E-state index in [1.165, 1.54) is 5.56 Å². The zero-order valence-corrected chi connectivity index (χ0v) is 44.5. The van der Waals surface area contributed by atoms with E-state index in [4.69, 9.17) is 21.4 Å². The van der Waals surface area contributed by atoms with E-state index in [2.05, 4.69) is 116 Å². The number of nitrogen functional groups attached to an aromatic ring is 2. The summed E-state index contributed by atoms with van der Waals surface area (Å²) in [6.07, 6.45) is 12.3. The van der Waals surface area contributed by atoms with Crippen molar-refractivity contribution in [3.05, 3.63) is 148 Å². The number of aliphatic imine (C=N–C) groups is 1. The highest BCUT2D eigenvalue weighted by atomic mass is 16.2. The summed E-state index contributed by atoms with van der Waals surface area (Å²) in [5, 5.41) is 15.6. The molecule has 0 saturated heterocycles. The second kappa shape index (κ2) is 24.9. The molecule has 12 heteroatoms. The molecule has 0 spiro atoms. The second-order valence-corrected chi connectivity index (χ2v) is 20.4. The van der Waals surface area contributed by atoms with Gasteiger partial charge in [-0.05, 0) is 175 Å². The lowest BCUT2D eigenvalue weighted by Crippen LogP contribution is -2.82. The minimum Gasteiger partial charge on any atom is -0.398 e. The van der Waals surface area contributed by atoms with Crippen LogP contribution in [0.4, 0.5) is 28.4 Å². The van der Waals surface area contributed by atoms with Crippen molar-refractivity contribution in [3.63, 3.8) is 0 Å². The SMILES string of the molecule is C=C1C=C(NCCCCCCNC(=O)c2ccc(-c3ccc(C(=O)NCCCCCCNc4cc5c(cc4C)nc4cc(C)c(N)cc4[n+]5C(C)C)cc3)cc2)C(C)=CC1=Nc1cc(C)c(N)cc1[NH2+]C(C)C. The number of rotatable bonds is 23. The molecule has 5 aromatic carbocycles. The molecule has 1 aliphatic rings. The Hall–Kier alpha value is -7.31. The maximum absolute atomic E-state index is 13.0. The zero-order valence-electron chi connectivity index (χ0n) is 44.5. The van der Waals surface area contributed by atoms with Crippen LogP contribution in [-0.2, 0) is 0 Å². The summed E-state index contributed by atoms with van der Waals surface area (Å²) in [6, 6.07) is 28.5. The predicted molar refractivity (Wildman–Crippen MR) is 304 cm³/mol. The first-order valence-electron chi connectivity index (χ1n) is 26.3. The zero-order chi connectivity index (χ0) is 52.2. The van der Waals surface area contributed by atoms with Crippen molar-refractivity contribution >= 4 is 68.0 Å². The molecule has 12 nitrogen and oxygen atoms in total. The minimum atomic E-state index is -0.0725. The van der Waals surface area contributed by atoms with Gasteiger partial charge in [0.2, 0.25) is 11.0 Å². The van der Waals surface area contributed by atoms with Crippen molar-refractivity contribution in [1.82, 2.24) is 20.9 Å². The largest absolute Gasteiger partial charge is 0.398 e. The van der Waals surface area contributed by atoms with Crippen molar-refractivity contribution in [2.24, 2.45) is 4.99 Å². The number of carbonyl (C=O) groups is 2. The number of unbranched alkanes of at least 4 members (excludes halogenated alkanes) is 6. The molecule has 0 fully saturated rings. The lowest BCUT2D eigenvalue weighted by Gasteiger charge is -2.18. The molecule has 73 heavy (non-hydrogen) atoms. The van der Waals surface area contributed by atoms with Gasteiger partial charge in [0.1, 0.15) is 16.7 Å². The highest BCUT2D eigenvalue weighted by Crippen LogP contribution is 2.30. The fourth-order valence-corrected chi connectivity index (χ4v) is 9.32. The number of aryl methyl sites for hydroxylation is 3. The summed E-state index contributed by atoms with van der Waals surface area (Å²) in [5.41, 5.74) is 31.6. The molecule has 1 aliphatic carbocycles. The Kier molecular flexibility index (Phi) is 18.2. The molecule has 0 atom stereocenters. The average Bonchev–Trinajstić information content (AvgIpc) is 3.35. The summed E-state index contributed by atoms with van der Waals surface area (Å²) < 4.78 is 2.33. The van der Waals surface area contributed by atoms with Gasteiger partial charge >= 0.3 is 0 Å². The smallest absolute Gasteiger partial charge is 0.251 e. The number of benzene rings is 5. The number of aromatic nitrogens is 2. The summed E-state index contributed by atoms with van der Waals surface area (Å²) in [6.45, 7) is 24.3. The maximum atomic E-state index is 13.0. The number of nitrogens with zero attached hydrogens (tertiary/aromatic N) is 3. The highest BCUT2D eigenvalue weighted by Gasteiger charge is 2.22. The van der Waals surface area contributed by atoms with Gasteiger partial charge in [-0.25, -0.2) is 9.98 Å². The topological polar surface area (TPSA) is 180 Å². The number of allylic oxidation sites excluding steroid dienone is 4. The average molecular weight is 983 g/mol. The fraction of sp³-hybridized carbons (Fsp3) is 0.361. The Morgan fingerprint density at radius 1 is 0.630 bits per heavy atom. The number of fused-ring (bicyclic) bond motifs is 2. The molecule has 1 aromatic heterocycles. The summed E-state index contributed by atoms with van der Waals surface area (Å²) >= 11 is 0. The van der Waals surface area contributed by atoms with Gasteiger partial charge in [0.15, 0.2) is 11.7 Å². The van der Waals surface area contributed by atoms with Crippen molar-refractivity contribution in [1.29, 1.82) is 0 Å². The number of nitrogens with two attached hydrogens (primary N) is 3. The number of hydrogen-bond donors (Lipinski definition) is 7. The van der Waals surface area contributed by atoms with Crippen LogP contribution in [0.25, 0.3) is 33.2 Å². The molecule has 1 heterocycles. The molecule has 0 unspecified atom stereocenters. The van der Waals surface area contributed by atoms with Gasteiger partial charge in [0, 0.05) is 78.3 Å². The van der Waals surface area contributed by atoms with Crippen molar-refractivity contribution in [3.8, 4) is 11.1 Å². The van der Waals surface area contributed by atoms with Gasteiger partial charge in [0.05, 0.1) is 11.8 Å². The second-order valence-electron chi connectivity index (χ2n) is 20.4. The minimum absolute atomic E-state index is 0.0697. The van der Waals surface area contributed by atoms with Gasteiger partial charge in [-0.3, -0.25) is 9.59 Å². The normalized spacial score (nSPS) is 13.2. The van der Waals surface area contributed by atoms with Gasteiger partial charge in [-0.2, -0.15) is 4.57 Å². The van der Waals surface area contributed by atoms with Gasteiger partial charge in [0.25, 0.3) is 11.8 Å². The van der Waals surface area contributed by atoms with Gasteiger partial charge in [-0.15, -0.1) is 0 Å². The number of quaternary nitrogens is 1. The number of hydrogen-bond acceptors (Lipinski definition) is 8. The third-order valence-electron chi connectivity index (χ3n) is 13.6. The first-order valence-corrected chi connectivity index (χ1v) is 26.3. The molecular formula is C61H78N10O2+2. The van der Waals surface area contributed by atoms with Gasteiger partial charge in [-0.1, -0.05) is 56.5 Å². The van der Waals surface area contributed by atoms with Crippen LogP contribution in [-0.4, -0.2) is 54.7 Å². The molecule has 0 radical (unpaired) electrons. The summed E-state index contributed by atoms with van der Waals surface area (Å²) in [5.74, 6) is -0.142. The van der Waals surface area contributed by atoms with Crippen molar-refractivity contribution < 1.29 is 19.5 Å². The van der Waals surface area contributed by atoms with Crippen LogP contribution >= 0.6 is 0 Å². The number of carbonyl (C=O) groups excluding carboxylic acids is 2. The van der Waals surface area contributed by atoms with E-state index in [1.54, 1.807) is 0 Å². The highest BCUT2D eigenvalue weighted by molar-refractivity contribution is 6.13. The Morgan fingerprint density at radius 2 is 1.14 bits per heavy atom. The van der Waals surface area contributed by atoms with Crippen LogP contribution in [0, 0.1) is 20.8 Å². The first kappa shape index (κ1) is 53.5. The predicted octanol–water partition coefficient (Wildman–Crippen LogP) is 11.1. The monoisotopic (exact) mass is 983 g/mol. The van der Waals surface area contributed by atoms with E-state index in [0.717, 1.165) is 160 Å². The summed E-state index contributed by atoms with van der Waals surface area (Å²) in [7, 11) is 0. The maximum Gasteiger partial charge on any atom is 0.251 e. The number of anilines is 3. The molecule has 10 N–H and O–H groups in total. The Morgan fingerprint density at radius 3 is 1.70 bits per heavy atom. The van der Waals surface area contributed by atoms with Gasteiger partial charge < -0.3 is 38.1 Å². The molecule has 6 aromatic rings. The quantitative estimate of drug-likeness (QED) is 0.0144. The molecule has 0 saturated carbocycles. The molecule has 382 valence electrons. The van der Waals surface area contributed by atoms with E-state index < -0.39 is 0 Å². The Balaban J connectivity index is 0.756. The van der Waals surface area contributed by atoms with Crippen LogP contribution in [0.1, 0.15) is 129 Å². The molecular weight excluding hydrogens is 905 g/mol. The van der Waals surface area contributed by atoms with Crippen LogP contribution < -0.4 is 42.6 Å². The third kappa shape index (κ3) is 14.0. The van der Waals surface area contributed by atoms with E-state index in [1.807, 2.05) is 74.5 Å². The first-order chi connectivity index (χ1) is 35.1. The number of nitrogens with one attached hydrogen (secondary N) is 4. The Bertz CT molecular complexity index is 3060. The molecule has 2 amide bonds. The van der Waals surface area contributed by atoms with E-state index >= 15 is 0 Å². The molecule has 0 aliphatic heterocycles. The number of amides is 2. The van der Waals surface area contributed by atoms with Crippen LogP contribution in [0.3, 0.4) is 0 Å². The fourth-order valence-electron chi connectivity index (χ4n) is 9.32. The van der Waals surface area contributed by atoms with E-state index in [0.29, 0.717) is 30.3 Å². The molecule has 0 bridgehead atoms. The van der Waals surface area contributed by atoms with Crippen LogP contribution in [0.15, 0.2) is 125 Å².